The molecule has 0 N–H and O–H groups in total. The molecular weight excluding hydrogens is 985 g/mol. The van der Waals surface area contributed by atoms with E-state index in [1.54, 1.807) is 0 Å². The maximum atomic E-state index is 12.9. The van der Waals surface area contributed by atoms with Gasteiger partial charge in [0.05, 0.1) is 0 Å². The second-order valence-corrected chi connectivity index (χ2v) is 22.4. The molecule has 458 valence electrons. The van der Waals surface area contributed by atoms with E-state index in [9.17, 15) is 14.4 Å². The minimum absolute atomic E-state index is 0.0892. The number of carbonyl (C=O) groups is 3. The van der Waals surface area contributed by atoms with Crippen LogP contribution >= 0.6 is 0 Å². The van der Waals surface area contributed by atoms with Gasteiger partial charge < -0.3 is 14.2 Å². The molecule has 1 atom stereocenters. The third-order valence-corrected chi connectivity index (χ3v) is 14.5. The van der Waals surface area contributed by atoms with Crippen LogP contribution in [0.5, 0.6) is 0 Å². The molecule has 0 amide bonds. The number of rotatable bonds is 61. The molecule has 0 fully saturated rings. The molecule has 0 spiro atoms. The zero-order chi connectivity index (χ0) is 57.8. The van der Waals surface area contributed by atoms with Crippen LogP contribution < -0.4 is 0 Å². The van der Waals surface area contributed by atoms with Crippen LogP contribution in [0.2, 0.25) is 0 Å². The van der Waals surface area contributed by atoms with Crippen LogP contribution in [0.3, 0.4) is 0 Å². The SMILES string of the molecule is CC/C=C\C/C=C\C/C=C\C/C=C\C/C=C\C/C=C\C/C=C\C/C=C\CCCCCCC(=O)OCC(COC(=O)CCCCCCC/C=C\CCC)OC(=O)CCCCCCCCCCCCCCCCCCCCCCCCC. The van der Waals surface area contributed by atoms with Gasteiger partial charge >= 0.3 is 17.9 Å². The van der Waals surface area contributed by atoms with Crippen molar-refractivity contribution < 1.29 is 28.6 Å². The van der Waals surface area contributed by atoms with Gasteiger partial charge in [-0.1, -0.05) is 310 Å². The topological polar surface area (TPSA) is 78.9 Å². The van der Waals surface area contributed by atoms with Crippen molar-refractivity contribution in [1.29, 1.82) is 0 Å². The van der Waals surface area contributed by atoms with Gasteiger partial charge in [-0.2, -0.15) is 0 Å². The Morgan fingerprint density at radius 2 is 0.512 bits per heavy atom. The zero-order valence-corrected chi connectivity index (χ0v) is 52.6. The maximum Gasteiger partial charge on any atom is 0.306 e. The third-order valence-electron chi connectivity index (χ3n) is 14.5. The molecule has 0 aliphatic rings. The predicted molar refractivity (Wildman–Crippen MR) is 348 cm³/mol. The van der Waals surface area contributed by atoms with E-state index in [1.807, 2.05) is 0 Å². The second-order valence-electron chi connectivity index (χ2n) is 22.4. The predicted octanol–water partition coefficient (Wildman–Crippen LogP) is 23.4. The van der Waals surface area contributed by atoms with Crippen molar-refractivity contribution in [2.75, 3.05) is 13.2 Å². The quantitative estimate of drug-likeness (QED) is 0.0261. The van der Waals surface area contributed by atoms with Crippen molar-refractivity contribution in [2.45, 2.75) is 329 Å². The summed E-state index contributed by atoms with van der Waals surface area (Å²) in [5, 5.41) is 0. The van der Waals surface area contributed by atoms with Crippen LogP contribution in [0.15, 0.2) is 109 Å². The van der Waals surface area contributed by atoms with Crippen LogP contribution in [0.25, 0.3) is 0 Å². The van der Waals surface area contributed by atoms with Gasteiger partial charge in [-0.05, 0) is 103 Å². The monoisotopic (exact) mass is 1110 g/mol. The van der Waals surface area contributed by atoms with Crippen molar-refractivity contribution in [2.24, 2.45) is 0 Å². The van der Waals surface area contributed by atoms with E-state index in [-0.39, 0.29) is 31.1 Å². The largest absolute Gasteiger partial charge is 0.462 e. The Labute approximate surface area is 495 Å². The van der Waals surface area contributed by atoms with Crippen LogP contribution in [0.1, 0.15) is 323 Å². The summed E-state index contributed by atoms with van der Waals surface area (Å²) in [6.45, 7) is 6.47. The van der Waals surface area contributed by atoms with Crippen LogP contribution in [-0.2, 0) is 28.6 Å². The van der Waals surface area contributed by atoms with E-state index in [0.717, 1.165) is 141 Å². The summed E-state index contributed by atoms with van der Waals surface area (Å²) in [7, 11) is 0. The summed E-state index contributed by atoms with van der Waals surface area (Å²) >= 11 is 0. The molecule has 1 unspecified atom stereocenters. The molecule has 0 rings (SSSR count). The van der Waals surface area contributed by atoms with Crippen molar-refractivity contribution in [3.05, 3.63) is 109 Å². The van der Waals surface area contributed by atoms with Gasteiger partial charge in [-0.15, -0.1) is 0 Å². The van der Waals surface area contributed by atoms with Crippen molar-refractivity contribution in [3.8, 4) is 0 Å². The van der Waals surface area contributed by atoms with E-state index in [2.05, 4.69) is 130 Å². The highest BCUT2D eigenvalue weighted by atomic mass is 16.6. The van der Waals surface area contributed by atoms with E-state index < -0.39 is 6.10 Å². The standard InChI is InChI=1S/C74H126O6/c1-4-7-10-13-16-19-22-24-26-28-30-32-34-35-36-37-38-39-41-42-44-46-48-50-52-55-58-61-64-67-73(76)79-70-71(69-78-72(75)66-63-60-57-54-21-18-15-12-9-6-3)80-74(77)68-65-62-59-56-53-51-49-47-45-43-40-33-31-29-27-25-23-20-17-14-11-8-5-2/h7,10,12,15-16,19,24,26,30,32,35-36,38-39,42,44,48,50,71H,4-6,8-9,11,13-14,17-18,20-23,25,27-29,31,33-34,37,40-41,43,45-47,49,51-70H2,1-3H3/b10-7-,15-12-,19-16-,26-24-,32-30-,36-35-,39-38-,44-42-,50-48-. The lowest BCUT2D eigenvalue weighted by atomic mass is 10.0. The van der Waals surface area contributed by atoms with Gasteiger partial charge in [0, 0.05) is 19.3 Å². The van der Waals surface area contributed by atoms with Gasteiger partial charge in [0.1, 0.15) is 13.2 Å². The average Bonchev–Trinajstić information content (AvgIpc) is 3.46. The zero-order valence-electron chi connectivity index (χ0n) is 52.6. The summed E-state index contributed by atoms with van der Waals surface area (Å²) in [4.78, 5) is 38.3. The Morgan fingerprint density at radius 1 is 0.263 bits per heavy atom. The number of allylic oxidation sites excluding steroid dienone is 18. The summed E-state index contributed by atoms with van der Waals surface area (Å²) in [6.07, 6.45) is 92.6. The van der Waals surface area contributed by atoms with Crippen molar-refractivity contribution in [1.82, 2.24) is 0 Å². The molecule has 80 heavy (non-hydrogen) atoms. The van der Waals surface area contributed by atoms with Gasteiger partial charge in [0.15, 0.2) is 6.10 Å². The number of hydrogen-bond donors (Lipinski definition) is 0. The second kappa shape index (κ2) is 67.6. The van der Waals surface area contributed by atoms with E-state index in [1.165, 1.54) is 141 Å². The first-order valence-electron chi connectivity index (χ1n) is 33.9. The highest BCUT2D eigenvalue weighted by Crippen LogP contribution is 2.17. The lowest BCUT2D eigenvalue weighted by Crippen LogP contribution is -2.30. The fraction of sp³-hybridized carbons (Fsp3) is 0.716. The van der Waals surface area contributed by atoms with Gasteiger partial charge in [-0.3, -0.25) is 14.4 Å². The molecule has 0 radical (unpaired) electrons. The normalized spacial score (nSPS) is 12.8. The van der Waals surface area contributed by atoms with Crippen LogP contribution in [0, 0.1) is 0 Å². The molecule has 0 saturated heterocycles. The summed E-state index contributed by atoms with van der Waals surface area (Å²) < 4.78 is 16.9. The number of hydrogen-bond acceptors (Lipinski definition) is 6. The first-order chi connectivity index (χ1) is 39.5. The Bertz CT molecular complexity index is 1610. The Balaban J connectivity index is 4.28. The molecule has 0 aliphatic heterocycles. The smallest absolute Gasteiger partial charge is 0.306 e. The Hall–Kier alpha value is -3.93. The first-order valence-corrected chi connectivity index (χ1v) is 33.9. The summed E-state index contributed by atoms with van der Waals surface area (Å²) in [6, 6.07) is 0. The lowest BCUT2D eigenvalue weighted by Gasteiger charge is -2.18. The summed E-state index contributed by atoms with van der Waals surface area (Å²) in [5.74, 6) is -0.914. The average molecular weight is 1110 g/mol. The maximum absolute atomic E-state index is 12.9. The molecule has 6 nitrogen and oxygen atoms in total. The molecule has 0 aliphatic carbocycles. The highest BCUT2D eigenvalue weighted by molar-refractivity contribution is 5.71. The minimum Gasteiger partial charge on any atom is -0.462 e. The van der Waals surface area contributed by atoms with Crippen molar-refractivity contribution >= 4 is 17.9 Å². The fourth-order valence-corrected chi connectivity index (χ4v) is 9.46. The van der Waals surface area contributed by atoms with Crippen LogP contribution in [0.4, 0.5) is 0 Å². The first kappa shape index (κ1) is 76.1. The number of carbonyl (C=O) groups excluding carboxylic acids is 3. The molecule has 0 saturated carbocycles. The fourth-order valence-electron chi connectivity index (χ4n) is 9.46. The van der Waals surface area contributed by atoms with E-state index in [4.69, 9.17) is 14.2 Å². The lowest BCUT2D eigenvalue weighted by molar-refractivity contribution is -0.167. The molecule has 0 aromatic carbocycles. The Morgan fingerprint density at radius 3 is 0.825 bits per heavy atom. The molecule has 0 aromatic rings. The van der Waals surface area contributed by atoms with Gasteiger partial charge in [0.2, 0.25) is 0 Å². The van der Waals surface area contributed by atoms with Crippen molar-refractivity contribution in [3.63, 3.8) is 0 Å². The molecular formula is C74H126O6. The number of ether oxygens (including phenoxy) is 3. The third kappa shape index (κ3) is 64.9. The van der Waals surface area contributed by atoms with E-state index in [0.29, 0.717) is 19.3 Å². The van der Waals surface area contributed by atoms with Gasteiger partial charge in [-0.25, -0.2) is 0 Å². The number of esters is 3. The molecule has 0 bridgehead atoms. The molecule has 0 aromatic heterocycles. The highest BCUT2D eigenvalue weighted by Gasteiger charge is 2.19. The van der Waals surface area contributed by atoms with Gasteiger partial charge in [0.25, 0.3) is 0 Å². The number of unbranched alkanes of at least 4 members (excludes halogenated alkanes) is 32. The summed E-state index contributed by atoms with van der Waals surface area (Å²) in [5.41, 5.74) is 0. The Kier molecular flexibility index (Phi) is 64.3. The van der Waals surface area contributed by atoms with E-state index >= 15 is 0 Å². The van der Waals surface area contributed by atoms with Crippen LogP contribution in [-0.4, -0.2) is 37.2 Å². The molecule has 6 heteroatoms. The minimum atomic E-state index is -0.793. The molecule has 0 heterocycles.